The van der Waals surface area contributed by atoms with Gasteiger partial charge in [-0.3, -0.25) is 11.3 Å². The van der Waals surface area contributed by atoms with Gasteiger partial charge in [-0.1, -0.05) is 30.2 Å². The maximum Gasteiger partial charge on any atom is 0.391 e. The molecule has 0 bridgehead atoms. The molecule has 3 atom stereocenters. The smallest absolute Gasteiger partial charge is 0.271 e. The van der Waals surface area contributed by atoms with Crippen LogP contribution in [-0.2, 0) is 0 Å². The van der Waals surface area contributed by atoms with Gasteiger partial charge in [-0.25, -0.2) is 0 Å². The number of nitrogens with one attached hydrogen (secondary N) is 1. The van der Waals surface area contributed by atoms with E-state index >= 15 is 0 Å². The van der Waals surface area contributed by atoms with Gasteiger partial charge in [-0.2, -0.15) is 13.2 Å². The van der Waals surface area contributed by atoms with Crippen LogP contribution in [0.25, 0.3) is 0 Å². The molecule has 3 unspecified atom stereocenters. The van der Waals surface area contributed by atoms with Crippen LogP contribution >= 0.6 is 0 Å². The highest BCUT2D eigenvalue weighted by Gasteiger charge is 2.43. The fraction of sp³-hybridized carbons (Fsp3) is 0.625. The summed E-state index contributed by atoms with van der Waals surface area (Å²) in [5.41, 5.74) is 5.94. The van der Waals surface area contributed by atoms with Crippen molar-refractivity contribution >= 4 is 0 Å². The summed E-state index contributed by atoms with van der Waals surface area (Å²) in [7, 11) is 0. The molecule has 0 heterocycles. The number of hydrogen-bond acceptors (Lipinski definition) is 2. The van der Waals surface area contributed by atoms with Crippen molar-refractivity contribution in [2.75, 3.05) is 0 Å². The van der Waals surface area contributed by atoms with Crippen LogP contribution in [0, 0.1) is 25.7 Å². The summed E-state index contributed by atoms with van der Waals surface area (Å²) in [6.45, 7) is 3.96. The van der Waals surface area contributed by atoms with Crippen LogP contribution in [0.1, 0.15) is 48.4 Å². The Hall–Kier alpha value is -1.07. The summed E-state index contributed by atoms with van der Waals surface area (Å²) in [5.74, 6) is 4.41. The van der Waals surface area contributed by atoms with E-state index in [1.165, 1.54) is 0 Å². The lowest BCUT2D eigenvalue weighted by Gasteiger charge is -2.36. The number of hydrazine groups is 1. The molecule has 118 valence electrons. The van der Waals surface area contributed by atoms with Crippen molar-refractivity contribution in [2.45, 2.75) is 51.7 Å². The van der Waals surface area contributed by atoms with E-state index in [-0.39, 0.29) is 24.8 Å². The van der Waals surface area contributed by atoms with E-state index in [9.17, 15) is 13.2 Å². The third kappa shape index (κ3) is 3.77. The summed E-state index contributed by atoms with van der Waals surface area (Å²) < 4.78 is 38.9. The number of hydrogen-bond donors (Lipinski definition) is 2. The van der Waals surface area contributed by atoms with Crippen molar-refractivity contribution in [3.05, 3.63) is 34.9 Å². The van der Waals surface area contributed by atoms with Gasteiger partial charge in [0.15, 0.2) is 0 Å². The summed E-state index contributed by atoms with van der Waals surface area (Å²) in [5, 5.41) is 0. The van der Waals surface area contributed by atoms with Crippen LogP contribution in [0.15, 0.2) is 18.2 Å². The molecule has 5 heteroatoms. The van der Waals surface area contributed by atoms with Gasteiger partial charge >= 0.3 is 6.18 Å². The Morgan fingerprint density at radius 3 is 2.57 bits per heavy atom. The molecule has 0 spiro atoms. The SMILES string of the molecule is Cc1ccc(C)c(C(NN)C2CCCC(C(F)(F)F)C2)c1. The molecule has 0 radical (unpaired) electrons. The summed E-state index contributed by atoms with van der Waals surface area (Å²) in [6, 6.07) is 5.82. The first-order valence-electron chi connectivity index (χ1n) is 7.43. The lowest BCUT2D eigenvalue weighted by Crippen LogP contribution is -2.38. The van der Waals surface area contributed by atoms with E-state index in [1.54, 1.807) is 0 Å². The molecule has 0 aromatic heterocycles. The zero-order valence-electron chi connectivity index (χ0n) is 12.5. The minimum atomic E-state index is -4.10. The van der Waals surface area contributed by atoms with Crippen LogP contribution in [0.3, 0.4) is 0 Å². The lowest BCUT2D eigenvalue weighted by molar-refractivity contribution is -0.186. The number of nitrogens with two attached hydrogens (primary N) is 1. The van der Waals surface area contributed by atoms with Crippen molar-refractivity contribution in [3.8, 4) is 0 Å². The van der Waals surface area contributed by atoms with E-state index in [0.717, 1.165) is 23.1 Å². The molecule has 2 rings (SSSR count). The first-order chi connectivity index (χ1) is 9.82. The van der Waals surface area contributed by atoms with E-state index in [1.807, 2.05) is 32.0 Å². The third-order valence-electron chi connectivity index (χ3n) is 4.60. The predicted octanol–water partition coefficient (Wildman–Crippen LogP) is 4.18. The highest BCUT2D eigenvalue weighted by atomic mass is 19.4. The number of benzene rings is 1. The Balaban J connectivity index is 2.23. The lowest BCUT2D eigenvalue weighted by atomic mass is 9.75. The van der Waals surface area contributed by atoms with Gasteiger partial charge in [-0.05, 0) is 50.2 Å². The molecule has 1 aromatic rings. The van der Waals surface area contributed by atoms with Crippen molar-refractivity contribution in [1.82, 2.24) is 5.43 Å². The molecular formula is C16H23F3N2. The van der Waals surface area contributed by atoms with E-state index in [4.69, 9.17) is 5.84 Å². The Morgan fingerprint density at radius 1 is 1.24 bits per heavy atom. The van der Waals surface area contributed by atoms with Crippen molar-refractivity contribution < 1.29 is 13.2 Å². The molecule has 1 aliphatic rings. The highest BCUT2D eigenvalue weighted by molar-refractivity contribution is 5.33. The monoisotopic (exact) mass is 300 g/mol. The summed E-state index contributed by atoms with van der Waals surface area (Å²) >= 11 is 0. The minimum absolute atomic E-state index is 0.0733. The van der Waals surface area contributed by atoms with Gasteiger partial charge in [0.25, 0.3) is 0 Å². The predicted molar refractivity (Wildman–Crippen MR) is 77.5 cm³/mol. The Morgan fingerprint density at radius 2 is 1.95 bits per heavy atom. The van der Waals surface area contributed by atoms with Crippen LogP contribution < -0.4 is 11.3 Å². The quantitative estimate of drug-likeness (QED) is 0.649. The van der Waals surface area contributed by atoms with Crippen LogP contribution in [0.5, 0.6) is 0 Å². The van der Waals surface area contributed by atoms with Crippen molar-refractivity contribution in [1.29, 1.82) is 0 Å². The van der Waals surface area contributed by atoms with E-state index in [0.29, 0.717) is 6.42 Å². The first-order valence-corrected chi connectivity index (χ1v) is 7.43. The number of halogens is 3. The third-order valence-corrected chi connectivity index (χ3v) is 4.60. The molecule has 1 saturated carbocycles. The minimum Gasteiger partial charge on any atom is -0.271 e. The molecule has 0 amide bonds. The van der Waals surface area contributed by atoms with Gasteiger partial charge < -0.3 is 0 Å². The second-order valence-corrected chi connectivity index (χ2v) is 6.17. The van der Waals surface area contributed by atoms with Crippen molar-refractivity contribution in [3.63, 3.8) is 0 Å². The maximum absolute atomic E-state index is 13.0. The number of rotatable bonds is 3. The maximum atomic E-state index is 13.0. The first kappa shape index (κ1) is 16.3. The Kier molecular flexibility index (Phi) is 4.94. The molecule has 0 aliphatic heterocycles. The highest BCUT2D eigenvalue weighted by Crippen LogP contribution is 2.44. The molecule has 1 fully saturated rings. The fourth-order valence-electron chi connectivity index (χ4n) is 3.40. The van der Waals surface area contributed by atoms with Gasteiger partial charge in [0.1, 0.15) is 0 Å². The largest absolute Gasteiger partial charge is 0.391 e. The average molecular weight is 300 g/mol. The molecule has 1 aliphatic carbocycles. The van der Waals surface area contributed by atoms with Gasteiger partial charge in [0, 0.05) is 6.04 Å². The molecule has 2 nitrogen and oxygen atoms in total. The van der Waals surface area contributed by atoms with Crippen molar-refractivity contribution in [2.24, 2.45) is 17.7 Å². The van der Waals surface area contributed by atoms with Gasteiger partial charge in [0.2, 0.25) is 0 Å². The van der Waals surface area contributed by atoms with Gasteiger partial charge in [0.05, 0.1) is 5.92 Å². The van der Waals surface area contributed by atoms with Crippen LogP contribution in [0.2, 0.25) is 0 Å². The Labute approximate surface area is 123 Å². The van der Waals surface area contributed by atoms with E-state index in [2.05, 4.69) is 5.43 Å². The topological polar surface area (TPSA) is 38.0 Å². The average Bonchev–Trinajstić information content (AvgIpc) is 2.43. The second-order valence-electron chi connectivity index (χ2n) is 6.17. The van der Waals surface area contributed by atoms with Crippen LogP contribution in [-0.4, -0.2) is 6.18 Å². The summed E-state index contributed by atoms with van der Waals surface area (Å²) in [6.07, 6.45) is -2.30. The zero-order valence-corrected chi connectivity index (χ0v) is 12.5. The van der Waals surface area contributed by atoms with E-state index < -0.39 is 12.1 Å². The fourth-order valence-corrected chi connectivity index (χ4v) is 3.40. The Bertz CT molecular complexity index is 485. The number of aryl methyl sites for hydroxylation is 2. The zero-order chi connectivity index (χ0) is 15.6. The normalized spacial score (nSPS) is 24.9. The molecule has 1 aromatic carbocycles. The number of alkyl halides is 3. The van der Waals surface area contributed by atoms with Crippen LogP contribution in [0.4, 0.5) is 13.2 Å². The van der Waals surface area contributed by atoms with Gasteiger partial charge in [-0.15, -0.1) is 0 Å². The molecule has 21 heavy (non-hydrogen) atoms. The molecule has 0 saturated heterocycles. The standard InChI is InChI=1S/C16H23F3N2/c1-10-6-7-11(2)14(8-10)15(21-20)12-4-3-5-13(9-12)16(17,18)19/h6-8,12-13,15,21H,3-5,9,20H2,1-2H3. The molecule has 3 N–H and O–H groups in total. The second kappa shape index (κ2) is 6.36. The molecular weight excluding hydrogens is 277 g/mol. The summed E-state index contributed by atoms with van der Waals surface area (Å²) in [4.78, 5) is 0.